The van der Waals surface area contributed by atoms with Crippen LogP contribution >= 0.6 is 0 Å². The Bertz CT molecular complexity index is 1750. The van der Waals surface area contributed by atoms with Gasteiger partial charge in [-0.25, -0.2) is 0 Å². The molecule has 0 saturated heterocycles. The number of rotatable bonds is 4. The van der Waals surface area contributed by atoms with Crippen molar-refractivity contribution in [3.63, 3.8) is 0 Å². The van der Waals surface area contributed by atoms with E-state index in [-0.39, 0.29) is 0 Å². The molecule has 1 nitrogen and oxygen atoms in total. The van der Waals surface area contributed by atoms with Crippen LogP contribution in [0.3, 0.4) is 0 Å². The van der Waals surface area contributed by atoms with Gasteiger partial charge in [0.1, 0.15) is 0 Å². The van der Waals surface area contributed by atoms with Crippen molar-refractivity contribution in [2.75, 3.05) is 5.32 Å². The summed E-state index contributed by atoms with van der Waals surface area (Å²) >= 11 is 0. The first-order chi connectivity index (χ1) is 19.8. The minimum absolute atomic E-state index is 0.583. The highest BCUT2D eigenvalue weighted by atomic mass is 14.9. The highest BCUT2D eigenvalue weighted by Gasteiger charge is 2.70. The zero-order valence-corrected chi connectivity index (χ0v) is 22.7. The summed E-state index contributed by atoms with van der Waals surface area (Å²) in [4.78, 5) is 0. The number of fused-ring (bicyclic) bond motifs is 6. The Labute approximate surface area is 236 Å². The Morgan fingerprint density at radius 2 is 1.18 bits per heavy atom. The second kappa shape index (κ2) is 8.45. The summed E-state index contributed by atoms with van der Waals surface area (Å²) in [6.07, 6.45) is 5.61. The summed E-state index contributed by atoms with van der Waals surface area (Å²) in [5, 5.41) is 3.89. The van der Waals surface area contributed by atoms with Gasteiger partial charge in [0.15, 0.2) is 0 Å². The predicted molar refractivity (Wildman–Crippen MR) is 166 cm³/mol. The van der Waals surface area contributed by atoms with Crippen LogP contribution in [0.25, 0.3) is 33.4 Å². The van der Waals surface area contributed by atoms with Crippen molar-refractivity contribution < 1.29 is 0 Å². The lowest BCUT2D eigenvalue weighted by molar-refractivity contribution is -0.144. The van der Waals surface area contributed by atoms with Crippen LogP contribution in [0.2, 0.25) is 0 Å². The molecule has 1 N–H and O–H groups in total. The molecule has 0 aromatic heterocycles. The van der Waals surface area contributed by atoms with E-state index in [9.17, 15) is 0 Å². The number of benzene rings is 5. The van der Waals surface area contributed by atoms with Crippen molar-refractivity contribution in [2.45, 2.75) is 37.5 Å². The van der Waals surface area contributed by atoms with Gasteiger partial charge in [0.25, 0.3) is 0 Å². The molecule has 5 aromatic rings. The molecule has 9 rings (SSSR count). The fourth-order valence-electron chi connectivity index (χ4n) is 9.35. The van der Waals surface area contributed by atoms with E-state index >= 15 is 0 Å². The average molecular weight is 516 g/mol. The summed E-state index contributed by atoms with van der Waals surface area (Å²) in [6, 6.07) is 44.8. The standard InChI is InChI=1S/C39H33N/c1-2-9-25(10-3-1)31-11-4-5-12-32(31)26-17-19-30(20-18-26)40-37-16-8-15-35-33-13-6-7-14-34(33)36-23-29-22-28-21-27(38(35)37)24-39(28,29)36/h1-20,27-29,36,40H,21-24H2. The van der Waals surface area contributed by atoms with Gasteiger partial charge in [0.05, 0.1) is 0 Å². The van der Waals surface area contributed by atoms with Crippen molar-refractivity contribution in [3.05, 3.63) is 132 Å². The SMILES string of the molecule is c1ccc(-c2ccccc2-c2ccc(Nc3cccc4c3C3CC5CC6CC(c7ccccc7-4)C56C3)cc2)cc1. The molecule has 1 spiro atoms. The van der Waals surface area contributed by atoms with Gasteiger partial charge < -0.3 is 5.32 Å². The van der Waals surface area contributed by atoms with Gasteiger partial charge in [-0.3, -0.25) is 0 Å². The van der Waals surface area contributed by atoms with Crippen LogP contribution in [-0.4, -0.2) is 0 Å². The van der Waals surface area contributed by atoms with Crippen LogP contribution in [0.4, 0.5) is 11.4 Å². The third kappa shape index (κ3) is 3.09. The molecular formula is C39H33N. The van der Waals surface area contributed by atoms with Gasteiger partial charge in [0.2, 0.25) is 0 Å². The van der Waals surface area contributed by atoms with Crippen LogP contribution in [0.1, 0.15) is 48.6 Å². The zero-order valence-electron chi connectivity index (χ0n) is 22.7. The quantitative estimate of drug-likeness (QED) is 0.251. The van der Waals surface area contributed by atoms with Crippen molar-refractivity contribution in [3.8, 4) is 33.4 Å². The lowest BCUT2D eigenvalue weighted by atomic mass is 9.37. The van der Waals surface area contributed by atoms with E-state index in [4.69, 9.17) is 0 Å². The second-order valence-electron chi connectivity index (χ2n) is 12.6. The monoisotopic (exact) mass is 515 g/mol. The molecule has 40 heavy (non-hydrogen) atoms. The zero-order chi connectivity index (χ0) is 26.3. The van der Waals surface area contributed by atoms with Crippen LogP contribution in [-0.2, 0) is 0 Å². The number of hydrogen-bond donors (Lipinski definition) is 1. The third-order valence-electron chi connectivity index (χ3n) is 11.1. The fourth-order valence-corrected chi connectivity index (χ4v) is 9.35. The first-order valence-corrected chi connectivity index (χ1v) is 15.0. The van der Waals surface area contributed by atoms with Crippen molar-refractivity contribution >= 4 is 11.4 Å². The smallest absolute Gasteiger partial charge is 0.0425 e. The van der Waals surface area contributed by atoms with E-state index < -0.39 is 0 Å². The van der Waals surface area contributed by atoms with Crippen LogP contribution < -0.4 is 5.32 Å². The highest BCUT2D eigenvalue weighted by Crippen LogP contribution is 2.80. The van der Waals surface area contributed by atoms with Crippen LogP contribution in [0.15, 0.2) is 121 Å². The number of anilines is 2. The maximum atomic E-state index is 3.89. The maximum Gasteiger partial charge on any atom is 0.0425 e. The molecule has 1 heteroatoms. The average Bonchev–Trinajstić information content (AvgIpc) is 3.36. The van der Waals surface area contributed by atoms with Crippen molar-refractivity contribution in [2.24, 2.45) is 17.3 Å². The lowest BCUT2D eigenvalue weighted by Crippen LogP contribution is -2.58. The Hall–Kier alpha value is -4.10. The van der Waals surface area contributed by atoms with E-state index in [1.165, 1.54) is 64.8 Å². The summed E-state index contributed by atoms with van der Waals surface area (Å²) in [7, 11) is 0. The molecule has 5 atom stereocenters. The number of hydrogen-bond acceptors (Lipinski definition) is 1. The van der Waals surface area contributed by atoms with Crippen LogP contribution in [0, 0.1) is 17.3 Å². The highest BCUT2D eigenvalue weighted by molar-refractivity contribution is 5.85. The molecule has 3 saturated carbocycles. The first-order valence-electron chi connectivity index (χ1n) is 15.0. The molecule has 0 amide bonds. The van der Waals surface area contributed by atoms with E-state index in [1.54, 1.807) is 11.1 Å². The van der Waals surface area contributed by atoms with Gasteiger partial charge in [-0.15, -0.1) is 0 Å². The topological polar surface area (TPSA) is 12.0 Å². The molecule has 5 aromatic carbocycles. The number of nitrogens with one attached hydrogen (secondary N) is 1. The van der Waals surface area contributed by atoms with Crippen molar-refractivity contribution in [1.29, 1.82) is 0 Å². The normalized spacial score (nSPS) is 26.7. The largest absolute Gasteiger partial charge is 0.355 e. The van der Waals surface area contributed by atoms with Gasteiger partial charge in [0, 0.05) is 11.4 Å². The molecule has 0 aliphatic heterocycles. The van der Waals surface area contributed by atoms with Gasteiger partial charge in [-0.2, -0.15) is 0 Å². The Morgan fingerprint density at radius 3 is 1.95 bits per heavy atom. The van der Waals surface area contributed by atoms with Gasteiger partial charge in [-0.1, -0.05) is 103 Å². The molecule has 4 aliphatic carbocycles. The molecule has 0 radical (unpaired) electrons. The Kier molecular flexibility index (Phi) is 4.79. The fraction of sp³-hybridized carbons (Fsp3) is 0.231. The Morgan fingerprint density at radius 1 is 0.525 bits per heavy atom. The molecular weight excluding hydrogens is 482 g/mol. The third-order valence-corrected chi connectivity index (χ3v) is 11.1. The minimum Gasteiger partial charge on any atom is -0.355 e. The summed E-state index contributed by atoms with van der Waals surface area (Å²) in [6.45, 7) is 0. The van der Waals surface area contributed by atoms with E-state index in [0.717, 1.165) is 23.4 Å². The lowest BCUT2D eigenvalue weighted by Gasteiger charge is -2.67. The minimum atomic E-state index is 0.583. The second-order valence-corrected chi connectivity index (χ2v) is 12.6. The van der Waals surface area contributed by atoms with E-state index in [0.29, 0.717) is 11.3 Å². The van der Waals surface area contributed by atoms with Gasteiger partial charge in [-0.05, 0) is 117 Å². The summed E-state index contributed by atoms with van der Waals surface area (Å²) in [5.74, 6) is 3.31. The molecule has 5 unspecified atom stereocenters. The summed E-state index contributed by atoms with van der Waals surface area (Å²) < 4.78 is 0. The Balaban J connectivity index is 1.10. The van der Waals surface area contributed by atoms with E-state index in [2.05, 4.69) is 127 Å². The predicted octanol–water partition coefficient (Wildman–Crippen LogP) is 10.4. The summed E-state index contributed by atoms with van der Waals surface area (Å²) in [5.41, 5.74) is 14.2. The van der Waals surface area contributed by atoms with Crippen LogP contribution in [0.5, 0.6) is 0 Å². The van der Waals surface area contributed by atoms with E-state index in [1.807, 2.05) is 0 Å². The van der Waals surface area contributed by atoms with Gasteiger partial charge >= 0.3 is 0 Å². The maximum absolute atomic E-state index is 3.89. The molecule has 0 heterocycles. The molecule has 2 bridgehead atoms. The molecule has 4 aliphatic rings. The molecule has 3 fully saturated rings. The first kappa shape index (κ1) is 22.7. The van der Waals surface area contributed by atoms with Crippen molar-refractivity contribution in [1.82, 2.24) is 0 Å². The molecule has 194 valence electrons.